The number of hydrogen-bond acceptors (Lipinski definition) is 7. The first-order valence-electron chi connectivity index (χ1n) is 13.5. The Kier molecular flexibility index (Phi) is 9.16. The molecule has 0 bridgehead atoms. The van der Waals surface area contributed by atoms with E-state index in [1.165, 1.54) is 41.2 Å². The summed E-state index contributed by atoms with van der Waals surface area (Å²) in [6.45, 7) is 0.619. The molecule has 224 valence electrons. The van der Waals surface area contributed by atoms with Crippen molar-refractivity contribution in [3.05, 3.63) is 81.1 Å². The van der Waals surface area contributed by atoms with Gasteiger partial charge in [-0.3, -0.25) is 19.2 Å². The predicted molar refractivity (Wildman–Crippen MR) is 156 cm³/mol. The van der Waals surface area contributed by atoms with Gasteiger partial charge in [-0.1, -0.05) is 23.7 Å². The van der Waals surface area contributed by atoms with E-state index in [1.54, 1.807) is 29.8 Å². The molecule has 43 heavy (non-hydrogen) atoms. The maximum atomic E-state index is 14.5. The molecule has 0 unspecified atom stereocenters. The number of amides is 2. The highest BCUT2D eigenvalue weighted by molar-refractivity contribution is 7.07. The van der Waals surface area contributed by atoms with Crippen LogP contribution in [0.1, 0.15) is 41.4 Å². The molecule has 0 aliphatic carbocycles. The molecule has 1 fully saturated rings. The van der Waals surface area contributed by atoms with E-state index in [9.17, 15) is 28.0 Å². The molecule has 2 aromatic heterocycles. The summed E-state index contributed by atoms with van der Waals surface area (Å²) in [5.74, 6) is -2.32. The van der Waals surface area contributed by atoms with Crippen LogP contribution in [0.2, 0.25) is 5.02 Å². The number of rotatable bonds is 10. The van der Waals surface area contributed by atoms with E-state index >= 15 is 0 Å². The number of Topliss-reactive ketones (excluding diaryl/α,β-unsaturated/α-hetero) is 1. The molecule has 5 rings (SSSR count). The Morgan fingerprint density at radius 2 is 2.02 bits per heavy atom. The lowest BCUT2D eigenvalue weighted by Crippen LogP contribution is -2.46. The first-order chi connectivity index (χ1) is 20.6. The van der Waals surface area contributed by atoms with Crippen molar-refractivity contribution in [1.29, 1.82) is 0 Å². The number of aryl methyl sites for hydroxylation is 1. The molecule has 2 amide bonds. The summed E-state index contributed by atoms with van der Waals surface area (Å²) in [6.07, 6.45) is 0.429. The highest BCUT2D eigenvalue weighted by Gasteiger charge is 2.39. The van der Waals surface area contributed by atoms with Gasteiger partial charge in [0.15, 0.2) is 5.78 Å². The lowest BCUT2D eigenvalue weighted by atomic mass is 10.1. The second-order valence-corrected chi connectivity index (χ2v) is 11.3. The summed E-state index contributed by atoms with van der Waals surface area (Å²) in [6, 6.07) is 8.05. The summed E-state index contributed by atoms with van der Waals surface area (Å²) in [4.78, 5) is 56.5. The highest BCUT2D eigenvalue weighted by Crippen LogP contribution is 2.28. The third kappa shape index (κ3) is 6.91. The van der Waals surface area contributed by atoms with Crippen molar-refractivity contribution in [2.24, 2.45) is 0 Å². The Labute approximate surface area is 254 Å². The molecule has 4 aromatic rings. The predicted octanol–water partition coefficient (Wildman–Crippen LogP) is 4.89. The fourth-order valence-corrected chi connectivity index (χ4v) is 5.84. The zero-order valence-electron chi connectivity index (χ0n) is 23.0. The molecule has 0 spiro atoms. The van der Waals surface area contributed by atoms with Crippen LogP contribution in [-0.2, 0) is 33.9 Å². The Bertz CT molecular complexity index is 1690. The van der Waals surface area contributed by atoms with E-state index in [4.69, 9.17) is 16.3 Å². The molecule has 2 aromatic carbocycles. The molecule has 1 aliphatic rings. The van der Waals surface area contributed by atoms with Crippen LogP contribution in [0.5, 0.6) is 5.75 Å². The number of carbonyl (C=O) groups is 4. The van der Waals surface area contributed by atoms with E-state index in [1.807, 2.05) is 5.38 Å². The molecule has 1 N–H and O–H groups in total. The Hall–Kier alpha value is -4.16. The fraction of sp³-hybridized carbons (Fsp3) is 0.300. The van der Waals surface area contributed by atoms with Gasteiger partial charge in [0.05, 0.1) is 34.7 Å². The Morgan fingerprint density at radius 3 is 2.77 bits per heavy atom. The lowest BCUT2D eigenvalue weighted by molar-refractivity contribution is -0.139. The van der Waals surface area contributed by atoms with Crippen molar-refractivity contribution in [2.75, 3.05) is 6.54 Å². The van der Waals surface area contributed by atoms with E-state index in [-0.39, 0.29) is 54.6 Å². The van der Waals surface area contributed by atoms with Gasteiger partial charge in [0.25, 0.3) is 0 Å². The Morgan fingerprint density at radius 1 is 1.21 bits per heavy atom. The molecule has 0 radical (unpaired) electrons. The standard InChI is InChI=1S/C30H27ClF2N4O5S/c1-17(38)23-13-36(25-10-21(6-7-22(23)25)42-28(40)8-5-20-15-43-16-35-20)14-27(39)37-12-19(32)9-26(37)30(41)34-11-18-3-2-4-24(31)29(18)33/h2-4,6-7,10,13,15-16,19,26H,5,8-9,11-12,14H2,1H3,(H,34,41)/t19-,26+/m1/s1. The topological polar surface area (TPSA) is 111 Å². The normalized spacial score (nSPS) is 16.4. The highest BCUT2D eigenvalue weighted by atomic mass is 35.5. The van der Waals surface area contributed by atoms with Gasteiger partial charge >= 0.3 is 5.97 Å². The van der Waals surface area contributed by atoms with Gasteiger partial charge in [-0.25, -0.2) is 13.8 Å². The quantitative estimate of drug-likeness (QED) is 0.152. The van der Waals surface area contributed by atoms with Crippen LogP contribution in [0.15, 0.2) is 53.5 Å². The van der Waals surface area contributed by atoms with Crippen LogP contribution in [0.25, 0.3) is 10.9 Å². The maximum Gasteiger partial charge on any atom is 0.311 e. The molecule has 2 atom stereocenters. The van der Waals surface area contributed by atoms with Crippen molar-refractivity contribution in [3.63, 3.8) is 0 Å². The number of benzene rings is 2. The maximum absolute atomic E-state index is 14.5. The number of carbonyl (C=O) groups excluding carboxylic acids is 4. The molecular formula is C30H27ClF2N4O5S. The van der Waals surface area contributed by atoms with E-state index in [0.717, 1.165) is 10.6 Å². The molecule has 1 aliphatic heterocycles. The van der Waals surface area contributed by atoms with Crippen molar-refractivity contribution in [2.45, 2.75) is 51.5 Å². The minimum Gasteiger partial charge on any atom is -0.426 e. The van der Waals surface area contributed by atoms with Gasteiger partial charge in [-0.05, 0) is 25.1 Å². The number of ether oxygens (including phenoxy) is 1. The second-order valence-electron chi connectivity index (χ2n) is 10.2. The van der Waals surface area contributed by atoms with Crippen LogP contribution >= 0.6 is 22.9 Å². The van der Waals surface area contributed by atoms with Crippen molar-refractivity contribution >= 4 is 57.4 Å². The molecule has 1 saturated heterocycles. The minimum absolute atomic E-state index is 0.0920. The smallest absolute Gasteiger partial charge is 0.311 e. The second kappa shape index (κ2) is 13.0. The molecule has 0 saturated carbocycles. The average Bonchev–Trinajstić information content (AvgIpc) is 3.72. The van der Waals surface area contributed by atoms with Gasteiger partial charge in [0, 0.05) is 53.5 Å². The molecule has 9 nitrogen and oxygen atoms in total. The van der Waals surface area contributed by atoms with Gasteiger partial charge in [0.2, 0.25) is 11.8 Å². The minimum atomic E-state index is -1.42. The summed E-state index contributed by atoms with van der Waals surface area (Å²) < 4.78 is 35.8. The van der Waals surface area contributed by atoms with E-state index in [0.29, 0.717) is 22.9 Å². The van der Waals surface area contributed by atoms with Crippen LogP contribution in [-0.4, -0.2) is 56.8 Å². The van der Waals surface area contributed by atoms with Crippen LogP contribution in [0.3, 0.4) is 0 Å². The van der Waals surface area contributed by atoms with Crippen molar-refractivity contribution < 1.29 is 32.7 Å². The number of alkyl halides is 1. The number of nitrogens with zero attached hydrogens (tertiary/aromatic N) is 3. The Balaban J connectivity index is 1.31. The number of hydrogen-bond donors (Lipinski definition) is 1. The lowest BCUT2D eigenvalue weighted by Gasteiger charge is -2.24. The van der Waals surface area contributed by atoms with Crippen LogP contribution < -0.4 is 10.1 Å². The van der Waals surface area contributed by atoms with Crippen molar-refractivity contribution in [3.8, 4) is 5.75 Å². The molecule has 13 heteroatoms. The van der Waals surface area contributed by atoms with Gasteiger partial charge in [-0.15, -0.1) is 11.3 Å². The largest absolute Gasteiger partial charge is 0.426 e. The zero-order valence-corrected chi connectivity index (χ0v) is 24.6. The number of esters is 1. The third-order valence-corrected chi connectivity index (χ3v) is 8.12. The number of thiazole rings is 1. The number of nitrogens with one attached hydrogen (secondary N) is 1. The SMILES string of the molecule is CC(=O)c1cn(CC(=O)N2C[C@H](F)C[C@H]2C(=O)NCc2cccc(Cl)c2F)c2cc(OC(=O)CCc3cscn3)ccc12. The molecular weight excluding hydrogens is 602 g/mol. The van der Waals surface area contributed by atoms with Crippen LogP contribution in [0, 0.1) is 5.82 Å². The monoisotopic (exact) mass is 628 g/mol. The zero-order chi connectivity index (χ0) is 30.7. The summed E-state index contributed by atoms with van der Waals surface area (Å²) >= 11 is 7.24. The first-order valence-corrected chi connectivity index (χ1v) is 14.8. The number of aromatic nitrogens is 2. The number of halogens is 3. The van der Waals surface area contributed by atoms with Gasteiger partial charge in [-0.2, -0.15) is 0 Å². The fourth-order valence-electron chi connectivity index (χ4n) is 5.05. The third-order valence-electron chi connectivity index (χ3n) is 7.20. The van der Waals surface area contributed by atoms with E-state index in [2.05, 4.69) is 10.3 Å². The summed E-state index contributed by atoms with van der Waals surface area (Å²) in [7, 11) is 0. The van der Waals surface area contributed by atoms with E-state index < -0.39 is 35.8 Å². The molecule has 3 heterocycles. The number of likely N-dealkylation sites (tertiary alicyclic amines) is 1. The van der Waals surface area contributed by atoms with Crippen molar-refractivity contribution in [1.82, 2.24) is 19.8 Å². The van der Waals surface area contributed by atoms with Crippen LogP contribution in [0.4, 0.5) is 8.78 Å². The number of ketones is 1. The van der Waals surface area contributed by atoms with Gasteiger partial charge < -0.3 is 19.5 Å². The number of fused-ring (bicyclic) bond motifs is 1. The van der Waals surface area contributed by atoms with Gasteiger partial charge in [0.1, 0.15) is 30.3 Å². The summed E-state index contributed by atoms with van der Waals surface area (Å²) in [5.41, 5.74) is 3.44. The summed E-state index contributed by atoms with van der Waals surface area (Å²) in [5, 5.41) is 4.88. The first kappa shape index (κ1) is 30.3. The average molecular weight is 629 g/mol.